The summed E-state index contributed by atoms with van der Waals surface area (Å²) in [5.41, 5.74) is 0. The smallest absolute Gasteiger partial charge is 0.331 e. The Morgan fingerprint density at radius 2 is 1.77 bits per heavy atom. The molecule has 0 bridgehead atoms. The van der Waals surface area contributed by atoms with E-state index in [1.165, 1.54) is 0 Å². The zero-order valence-electron chi connectivity index (χ0n) is 13.6. The lowest BCUT2D eigenvalue weighted by Crippen LogP contribution is -2.25. The average Bonchev–Trinajstić information content (AvgIpc) is 2.48. The minimum atomic E-state index is -0.520. The minimum Gasteiger partial charge on any atom is -0.463 e. The highest BCUT2D eigenvalue weighted by Crippen LogP contribution is 2.28. The standard InChI is InChI=1S/C17H27ClO4/c1-13(2)6-5-11-21-16(19)9-10-17(20)22-12-14-7-3-4-8-15(14)18/h9-10,13-15H,3-8,11-12H2,1-2H3/b10-9+. The fourth-order valence-electron chi connectivity index (χ4n) is 2.44. The van der Waals surface area contributed by atoms with Gasteiger partial charge in [-0.25, -0.2) is 9.59 Å². The van der Waals surface area contributed by atoms with Crippen LogP contribution in [-0.2, 0) is 19.1 Å². The van der Waals surface area contributed by atoms with Crippen LogP contribution in [0.4, 0.5) is 0 Å². The molecular weight excluding hydrogens is 304 g/mol. The maximum Gasteiger partial charge on any atom is 0.331 e. The molecule has 0 spiro atoms. The Labute approximate surface area is 138 Å². The normalized spacial score (nSPS) is 22.0. The Hall–Kier alpha value is -1.03. The second kappa shape index (κ2) is 10.7. The molecule has 1 aliphatic rings. The van der Waals surface area contributed by atoms with Gasteiger partial charge in [-0.3, -0.25) is 0 Å². The summed E-state index contributed by atoms with van der Waals surface area (Å²) in [5, 5.41) is 0.0800. The second-order valence-electron chi connectivity index (χ2n) is 6.23. The monoisotopic (exact) mass is 330 g/mol. The third kappa shape index (κ3) is 8.42. The molecule has 1 fully saturated rings. The van der Waals surface area contributed by atoms with Crippen LogP contribution in [0.1, 0.15) is 52.4 Å². The molecule has 0 aliphatic heterocycles. The predicted molar refractivity (Wildman–Crippen MR) is 86.7 cm³/mol. The molecule has 4 nitrogen and oxygen atoms in total. The van der Waals surface area contributed by atoms with Crippen LogP contribution in [0.3, 0.4) is 0 Å². The molecule has 2 atom stereocenters. The Kier molecular flexibility index (Phi) is 9.21. The van der Waals surface area contributed by atoms with Crippen molar-refractivity contribution in [3.63, 3.8) is 0 Å². The van der Waals surface area contributed by atoms with Crippen LogP contribution in [0.15, 0.2) is 12.2 Å². The van der Waals surface area contributed by atoms with E-state index in [-0.39, 0.29) is 11.3 Å². The first-order valence-corrected chi connectivity index (χ1v) is 8.58. The largest absolute Gasteiger partial charge is 0.463 e. The molecule has 0 aromatic heterocycles. The van der Waals surface area contributed by atoms with Crippen LogP contribution < -0.4 is 0 Å². The Balaban J connectivity index is 2.16. The number of carbonyl (C=O) groups is 2. The van der Waals surface area contributed by atoms with Crippen molar-refractivity contribution in [1.82, 2.24) is 0 Å². The summed E-state index contributed by atoms with van der Waals surface area (Å²) in [7, 11) is 0. The van der Waals surface area contributed by atoms with Gasteiger partial charge in [0.2, 0.25) is 0 Å². The number of carbonyl (C=O) groups excluding carboxylic acids is 2. The van der Waals surface area contributed by atoms with E-state index >= 15 is 0 Å². The molecule has 0 heterocycles. The molecule has 5 heteroatoms. The van der Waals surface area contributed by atoms with Crippen LogP contribution in [-0.4, -0.2) is 30.5 Å². The van der Waals surface area contributed by atoms with Crippen molar-refractivity contribution < 1.29 is 19.1 Å². The van der Waals surface area contributed by atoms with Gasteiger partial charge >= 0.3 is 11.9 Å². The number of halogens is 1. The lowest BCUT2D eigenvalue weighted by atomic mass is 9.89. The molecule has 22 heavy (non-hydrogen) atoms. The molecular formula is C17H27ClO4. The number of esters is 2. The quantitative estimate of drug-likeness (QED) is 0.293. The van der Waals surface area contributed by atoms with Crippen LogP contribution in [0.25, 0.3) is 0 Å². The van der Waals surface area contributed by atoms with Crippen molar-refractivity contribution in [2.75, 3.05) is 13.2 Å². The lowest BCUT2D eigenvalue weighted by molar-refractivity contribution is -0.141. The lowest BCUT2D eigenvalue weighted by Gasteiger charge is -2.26. The van der Waals surface area contributed by atoms with Gasteiger partial charge < -0.3 is 9.47 Å². The zero-order valence-corrected chi connectivity index (χ0v) is 14.3. The number of rotatable bonds is 8. The molecule has 0 amide bonds. The molecule has 0 saturated heterocycles. The van der Waals surface area contributed by atoms with E-state index in [1.54, 1.807) is 0 Å². The van der Waals surface area contributed by atoms with E-state index in [2.05, 4.69) is 13.8 Å². The summed E-state index contributed by atoms with van der Waals surface area (Å²) in [5.74, 6) is -0.215. The number of alkyl halides is 1. The SMILES string of the molecule is CC(C)CCCOC(=O)/C=C/C(=O)OCC1CCCCC1Cl. The summed E-state index contributed by atoms with van der Waals surface area (Å²) < 4.78 is 10.1. The molecule has 0 aromatic carbocycles. The van der Waals surface area contributed by atoms with Gasteiger partial charge in [-0.1, -0.05) is 26.7 Å². The van der Waals surface area contributed by atoms with E-state index in [4.69, 9.17) is 21.1 Å². The van der Waals surface area contributed by atoms with E-state index in [0.29, 0.717) is 19.1 Å². The van der Waals surface area contributed by atoms with Crippen LogP contribution in [0, 0.1) is 11.8 Å². The van der Waals surface area contributed by atoms with E-state index in [0.717, 1.165) is 50.7 Å². The summed E-state index contributed by atoms with van der Waals surface area (Å²) in [6.45, 7) is 4.94. The molecule has 1 aliphatic carbocycles. The van der Waals surface area contributed by atoms with Crippen molar-refractivity contribution in [2.24, 2.45) is 11.8 Å². The summed E-state index contributed by atoms with van der Waals surface area (Å²) in [6.07, 6.45) is 8.32. The topological polar surface area (TPSA) is 52.6 Å². The van der Waals surface area contributed by atoms with Gasteiger partial charge in [0.1, 0.15) is 0 Å². The van der Waals surface area contributed by atoms with Gasteiger partial charge in [0.05, 0.1) is 13.2 Å². The first-order chi connectivity index (χ1) is 10.5. The van der Waals surface area contributed by atoms with Crippen molar-refractivity contribution in [3.8, 4) is 0 Å². The summed E-state index contributed by atoms with van der Waals surface area (Å²) in [6, 6.07) is 0. The van der Waals surface area contributed by atoms with Crippen molar-refractivity contribution >= 4 is 23.5 Å². The van der Waals surface area contributed by atoms with Crippen LogP contribution in [0.5, 0.6) is 0 Å². The Morgan fingerprint density at radius 3 is 2.41 bits per heavy atom. The van der Waals surface area contributed by atoms with Gasteiger partial charge in [0.25, 0.3) is 0 Å². The van der Waals surface area contributed by atoms with Gasteiger partial charge in [-0.15, -0.1) is 11.6 Å². The second-order valence-corrected chi connectivity index (χ2v) is 6.79. The molecule has 0 N–H and O–H groups in total. The predicted octanol–water partition coefficient (Wildman–Crippen LogP) is 3.86. The zero-order chi connectivity index (χ0) is 16.4. The van der Waals surface area contributed by atoms with Gasteiger partial charge in [0, 0.05) is 23.4 Å². The minimum absolute atomic E-state index is 0.0800. The third-order valence-electron chi connectivity index (χ3n) is 3.78. The van der Waals surface area contributed by atoms with Gasteiger partial charge in [-0.2, -0.15) is 0 Å². The average molecular weight is 331 g/mol. The Morgan fingerprint density at radius 1 is 1.14 bits per heavy atom. The van der Waals surface area contributed by atoms with Crippen molar-refractivity contribution in [3.05, 3.63) is 12.2 Å². The Bertz CT molecular complexity index is 379. The van der Waals surface area contributed by atoms with E-state index in [1.807, 2.05) is 0 Å². The molecule has 0 aromatic rings. The highest BCUT2D eigenvalue weighted by molar-refractivity contribution is 6.20. The number of hydrogen-bond acceptors (Lipinski definition) is 4. The van der Waals surface area contributed by atoms with Crippen molar-refractivity contribution in [1.29, 1.82) is 0 Å². The highest BCUT2D eigenvalue weighted by atomic mass is 35.5. The van der Waals surface area contributed by atoms with Crippen LogP contribution in [0.2, 0.25) is 0 Å². The molecule has 1 saturated carbocycles. The highest BCUT2D eigenvalue weighted by Gasteiger charge is 2.24. The molecule has 0 radical (unpaired) electrons. The van der Waals surface area contributed by atoms with E-state index < -0.39 is 11.9 Å². The van der Waals surface area contributed by atoms with Crippen LogP contribution >= 0.6 is 11.6 Å². The summed E-state index contributed by atoms with van der Waals surface area (Å²) >= 11 is 6.20. The first-order valence-electron chi connectivity index (χ1n) is 8.14. The fraction of sp³-hybridized carbons (Fsp3) is 0.765. The summed E-state index contributed by atoms with van der Waals surface area (Å²) in [4.78, 5) is 23.0. The van der Waals surface area contributed by atoms with Crippen molar-refractivity contribution in [2.45, 2.75) is 57.7 Å². The number of ether oxygens (including phenoxy) is 2. The fourth-order valence-corrected chi connectivity index (χ4v) is 2.79. The maximum absolute atomic E-state index is 11.6. The van der Waals surface area contributed by atoms with E-state index in [9.17, 15) is 9.59 Å². The molecule has 2 unspecified atom stereocenters. The first kappa shape index (κ1) is 19.0. The molecule has 126 valence electrons. The molecule has 1 rings (SSSR count). The number of hydrogen-bond donors (Lipinski definition) is 0. The van der Waals surface area contributed by atoms with Gasteiger partial charge in [0.15, 0.2) is 0 Å². The third-order valence-corrected chi connectivity index (χ3v) is 4.36. The maximum atomic E-state index is 11.6. The van der Waals surface area contributed by atoms with Gasteiger partial charge in [-0.05, 0) is 31.6 Å².